The van der Waals surface area contributed by atoms with Crippen molar-refractivity contribution < 1.29 is 0 Å². The van der Waals surface area contributed by atoms with Gasteiger partial charge in [-0.05, 0) is 78.9 Å². The lowest BCUT2D eigenvalue weighted by molar-refractivity contribution is 0.770. The highest BCUT2D eigenvalue weighted by atomic mass is 15.0. The maximum Gasteiger partial charge on any atom is 0.164 e. The van der Waals surface area contributed by atoms with Crippen molar-refractivity contribution in [2.75, 3.05) is 0 Å². The van der Waals surface area contributed by atoms with E-state index in [0.29, 0.717) is 17.5 Å². The van der Waals surface area contributed by atoms with Crippen LogP contribution in [0.5, 0.6) is 0 Å². The van der Waals surface area contributed by atoms with Gasteiger partial charge in [-0.15, -0.1) is 0 Å². The summed E-state index contributed by atoms with van der Waals surface area (Å²) in [5.74, 6) is 1.88. The molecule has 1 aliphatic rings. The lowest BCUT2D eigenvalue weighted by Gasteiger charge is -2.35. The van der Waals surface area contributed by atoms with Crippen molar-refractivity contribution in [2.24, 2.45) is 0 Å². The van der Waals surface area contributed by atoms with Gasteiger partial charge in [0, 0.05) is 16.7 Å². The minimum absolute atomic E-state index is 0.510. The van der Waals surface area contributed by atoms with Crippen LogP contribution in [-0.4, -0.2) is 15.0 Å². The van der Waals surface area contributed by atoms with E-state index in [9.17, 15) is 0 Å². The first-order valence-electron chi connectivity index (χ1n) is 20.8. The molecule has 10 aromatic rings. The van der Waals surface area contributed by atoms with Crippen molar-refractivity contribution in [3.05, 3.63) is 259 Å². The van der Waals surface area contributed by atoms with E-state index in [2.05, 4.69) is 206 Å². The van der Waals surface area contributed by atoms with Crippen LogP contribution in [0.3, 0.4) is 0 Å². The van der Waals surface area contributed by atoms with Crippen molar-refractivity contribution >= 4 is 0 Å². The van der Waals surface area contributed by atoms with Gasteiger partial charge in [0.15, 0.2) is 17.5 Å². The highest BCUT2D eigenvalue weighted by molar-refractivity contribution is 5.93. The zero-order valence-corrected chi connectivity index (χ0v) is 33.4. The first-order valence-corrected chi connectivity index (χ1v) is 20.8. The van der Waals surface area contributed by atoms with Crippen LogP contribution in [0.1, 0.15) is 22.3 Å². The van der Waals surface area contributed by atoms with Gasteiger partial charge in [0.1, 0.15) is 0 Å². The Labute approximate surface area is 356 Å². The highest BCUT2D eigenvalue weighted by Gasteiger charge is 2.47. The van der Waals surface area contributed by atoms with Crippen LogP contribution in [0.2, 0.25) is 0 Å². The minimum atomic E-state index is -0.510. The monoisotopic (exact) mass is 777 g/mol. The molecule has 0 radical (unpaired) electrons. The summed E-state index contributed by atoms with van der Waals surface area (Å²) in [7, 11) is 0. The molecular weight excluding hydrogens is 739 g/mol. The molecule has 9 aromatic carbocycles. The van der Waals surface area contributed by atoms with Crippen molar-refractivity contribution in [1.82, 2.24) is 15.0 Å². The molecule has 0 amide bonds. The largest absolute Gasteiger partial charge is 0.208 e. The van der Waals surface area contributed by atoms with Crippen LogP contribution in [0.25, 0.3) is 78.7 Å². The molecule has 0 unspecified atom stereocenters. The van der Waals surface area contributed by atoms with E-state index in [0.717, 1.165) is 44.5 Å². The zero-order valence-electron chi connectivity index (χ0n) is 33.4. The summed E-state index contributed by atoms with van der Waals surface area (Å²) in [5.41, 5.74) is 16.7. The summed E-state index contributed by atoms with van der Waals surface area (Å²) in [6.45, 7) is 0. The molecule has 0 bridgehead atoms. The Morgan fingerprint density at radius 3 is 1.30 bits per heavy atom. The fraction of sp³-hybridized carbons (Fsp3) is 0.0172. The van der Waals surface area contributed by atoms with Crippen LogP contribution >= 0.6 is 0 Å². The molecule has 0 saturated carbocycles. The van der Waals surface area contributed by atoms with Gasteiger partial charge in [-0.3, -0.25) is 0 Å². The summed E-state index contributed by atoms with van der Waals surface area (Å²) in [5, 5.41) is 0. The molecule has 1 aromatic heterocycles. The van der Waals surface area contributed by atoms with Crippen LogP contribution in [0, 0.1) is 0 Å². The Morgan fingerprint density at radius 1 is 0.246 bits per heavy atom. The Morgan fingerprint density at radius 2 is 0.672 bits per heavy atom. The van der Waals surface area contributed by atoms with Crippen LogP contribution in [-0.2, 0) is 5.41 Å². The molecule has 0 saturated heterocycles. The van der Waals surface area contributed by atoms with Crippen molar-refractivity contribution in [3.8, 4) is 78.7 Å². The molecule has 0 aliphatic heterocycles. The number of fused-ring (bicyclic) bond motifs is 3. The molecule has 11 rings (SSSR count). The van der Waals surface area contributed by atoms with E-state index < -0.39 is 5.41 Å². The molecule has 0 spiro atoms. The smallest absolute Gasteiger partial charge is 0.164 e. The van der Waals surface area contributed by atoms with E-state index in [1.807, 2.05) is 30.3 Å². The standard InChI is InChI=1S/C58H39N3/c1-6-19-40(20-7-1)45-37-38-51(52(39-45)41-21-8-2-9-22-41)57-60-55(43-23-10-3-11-24-43)59-56(61-57)44-35-33-42(34-36-44)48-30-18-31-50-49-29-16-17-32-53(49)58(54(48)50,46-25-12-4-13-26-46)47-27-14-5-15-28-47/h1-39H. The number of benzene rings is 9. The van der Waals surface area contributed by atoms with Crippen molar-refractivity contribution in [3.63, 3.8) is 0 Å². The number of hydrogen-bond acceptors (Lipinski definition) is 3. The van der Waals surface area contributed by atoms with Crippen molar-refractivity contribution in [1.29, 1.82) is 0 Å². The Hall–Kier alpha value is -8.01. The number of rotatable bonds is 8. The maximum absolute atomic E-state index is 5.26. The lowest BCUT2D eigenvalue weighted by atomic mass is 9.66. The molecule has 3 nitrogen and oxygen atoms in total. The van der Waals surface area contributed by atoms with Crippen LogP contribution in [0.15, 0.2) is 237 Å². The molecular formula is C58H39N3. The maximum atomic E-state index is 5.26. The second-order valence-corrected chi connectivity index (χ2v) is 15.5. The zero-order chi connectivity index (χ0) is 40.6. The SMILES string of the molecule is c1ccc(-c2ccc(-c3nc(-c4ccccc4)nc(-c4ccc(-c5cccc6c5C(c5ccccc5)(c5ccccc5)c5ccccc5-6)cc4)n3)c(-c3ccccc3)c2)cc1. The summed E-state index contributed by atoms with van der Waals surface area (Å²) >= 11 is 0. The van der Waals surface area contributed by atoms with E-state index in [4.69, 9.17) is 15.0 Å². The molecule has 61 heavy (non-hydrogen) atoms. The predicted octanol–water partition coefficient (Wildman–Crippen LogP) is 14.2. The summed E-state index contributed by atoms with van der Waals surface area (Å²) in [4.78, 5) is 15.6. The van der Waals surface area contributed by atoms with Gasteiger partial charge in [0.2, 0.25) is 0 Å². The van der Waals surface area contributed by atoms with Crippen LogP contribution < -0.4 is 0 Å². The fourth-order valence-electron chi connectivity index (χ4n) is 9.29. The minimum Gasteiger partial charge on any atom is -0.208 e. The van der Waals surface area contributed by atoms with E-state index in [-0.39, 0.29) is 0 Å². The van der Waals surface area contributed by atoms with Gasteiger partial charge in [-0.1, -0.05) is 224 Å². The fourth-order valence-corrected chi connectivity index (χ4v) is 9.29. The molecule has 0 N–H and O–H groups in total. The predicted molar refractivity (Wildman–Crippen MR) is 250 cm³/mol. The Bertz CT molecular complexity index is 3110. The van der Waals surface area contributed by atoms with Gasteiger partial charge < -0.3 is 0 Å². The normalized spacial score (nSPS) is 12.4. The second-order valence-electron chi connectivity index (χ2n) is 15.5. The topological polar surface area (TPSA) is 38.7 Å². The third kappa shape index (κ3) is 6.27. The van der Waals surface area contributed by atoms with Crippen LogP contribution in [0.4, 0.5) is 0 Å². The number of nitrogens with zero attached hydrogens (tertiary/aromatic N) is 3. The van der Waals surface area contributed by atoms with E-state index >= 15 is 0 Å². The van der Waals surface area contributed by atoms with Gasteiger partial charge >= 0.3 is 0 Å². The molecule has 1 heterocycles. The molecule has 3 heteroatoms. The highest BCUT2D eigenvalue weighted by Crippen LogP contribution is 2.58. The van der Waals surface area contributed by atoms with Gasteiger partial charge in [-0.25, -0.2) is 15.0 Å². The third-order valence-corrected chi connectivity index (χ3v) is 12.0. The van der Waals surface area contributed by atoms with Gasteiger partial charge in [0.25, 0.3) is 0 Å². The molecule has 1 aliphatic carbocycles. The van der Waals surface area contributed by atoms with Gasteiger partial charge in [0.05, 0.1) is 5.41 Å². The Kier molecular flexibility index (Phi) is 9.05. The lowest BCUT2D eigenvalue weighted by Crippen LogP contribution is -2.29. The Balaban J connectivity index is 1.07. The number of hydrogen-bond donors (Lipinski definition) is 0. The number of aromatic nitrogens is 3. The quantitative estimate of drug-likeness (QED) is 0.154. The summed E-state index contributed by atoms with van der Waals surface area (Å²) < 4.78 is 0. The third-order valence-electron chi connectivity index (χ3n) is 12.0. The first kappa shape index (κ1) is 36.1. The van der Waals surface area contributed by atoms with Gasteiger partial charge in [-0.2, -0.15) is 0 Å². The summed E-state index contributed by atoms with van der Waals surface area (Å²) in [6.07, 6.45) is 0. The second kappa shape index (κ2) is 15.3. The molecule has 0 atom stereocenters. The average molecular weight is 778 g/mol. The average Bonchev–Trinajstić information content (AvgIpc) is 3.66. The van der Waals surface area contributed by atoms with Crippen molar-refractivity contribution in [2.45, 2.75) is 5.41 Å². The summed E-state index contributed by atoms with van der Waals surface area (Å²) in [6, 6.07) is 84.2. The molecule has 0 fully saturated rings. The van der Waals surface area contributed by atoms with E-state index in [1.54, 1.807) is 0 Å². The first-order chi connectivity index (χ1) is 30.3. The molecule has 286 valence electrons. The van der Waals surface area contributed by atoms with E-state index in [1.165, 1.54) is 38.9 Å².